The van der Waals surface area contributed by atoms with Crippen molar-refractivity contribution in [1.82, 2.24) is 9.62 Å². The highest BCUT2D eigenvalue weighted by atomic mass is 35.5. The van der Waals surface area contributed by atoms with Crippen LogP contribution in [0.25, 0.3) is 0 Å². The minimum atomic E-state index is -4.13. The minimum Gasteiger partial charge on any atom is -0.368 e. The second-order valence-electron chi connectivity index (χ2n) is 8.23. The van der Waals surface area contributed by atoms with Crippen LogP contribution >= 0.6 is 23.2 Å². The summed E-state index contributed by atoms with van der Waals surface area (Å²) in [6.45, 7) is 1.90. The number of hydrogen-bond acceptors (Lipinski definition) is 4. The van der Waals surface area contributed by atoms with Gasteiger partial charge in [0.05, 0.1) is 5.02 Å². The molecule has 1 fully saturated rings. The van der Waals surface area contributed by atoms with Crippen molar-refractivity contribution in [3.8, 4) is 0 Å². The Kier molecular flexibility index (Phi) is 7.96. The van der Waals surface area contributed by atoms with Crippen LogP contribution in [0.15, 0.2) is 77.7 Å². The van der Waals surface area contributed by atoms with Gasteiger partial charge in [-0.1, -0.05) is 53.5 Å². The van der Waals surface area contributed by atoms with Crippen molar-refractivity contribution in [2.75, 3.05) is 31.1 Å². The molecule has 35 heavy (non-hydrogen) atoms. The summed E-state index contributed by atoms with van der Waals surface area (Å²) in [6.07, 6.45) is 0.176. The SMILES string of the molecule is O=C([C@H](Cc1ccccc1)NS(=O)(=O)c1cc(Cl)ccc1Cl)N1CCN(c2ccc(F)cc2)CC1. The number of carbonyl (C=O) groups is 1. The fraction of sp³-hybridized carbons (Fsp3) is 0.240. The van der Waals surface area contributed by atoms with Gasteiger partial charge < -0.3 is 9.80 Å². The topological polar surface area (TPSA) is 69.7 Å². The quantitative estimate of drug-likeness (QED) is 0.487. The Bertz CT molecular complexity index is 1280. The predicted octanol–water partition coefficient (Wildman–Crippen LogP) is 4.37. The summed E-state index contributed by atoms with van der Waals surface area (Å²) in [5, 5.41) is 0.235. The molecule has 1 aliphatic rings. The second-order valence-corrected chi connectivity index (χ2v) is 10.8. The number of halogens is 3. The Morgan fingerprint density at radius 2 is 1.60 bits per heavy atom. The summed E-state index contributed by atoms with van der Waals surface area (Å²) >= 11 is 12.1. The van der Waals surface area contributed by atoms with E-state index in [9.17, 15) is 17.6 Å². The van der Waals surface area contributed by atoms with Gasteiger partial charge in [0.15, 0.2) is 0 Å². The van der Waals surface area contributed by atoms with Gasteiger partial charge in [0, 0.05) is 36.9 Å². The Morgan fingerprint density at radius 1 is 0.943 bits per heavy atom. The normalized spacial score (nSPS) is 15.2. The number of hydrogen-bond donors (Lipinski definition) is 1. The number of anilines is 1. The van der Waals surface area contributed by atoms with E-state index in [0.29, 0.717) is 26.2 Å². The van der Waals surface area contributed by atoms with Crippen molar-refractivity contribution in [3.05, 3.63) is 94.2 Å². The van der Waals surface area contributed by atoms with Gasteiger partial charge >= 0.3 is 0 Å². The molecule has 10 heteroatoms. The number of rotatable bonds is 7. The number of nitrogens with zero attached hydrogens (tertiary/aromatic N) is 2. The van der Waals surface area contributed by atoms with Crippen LogP contribution in [-0.2, 0) is 21.2 Å². The van der Waals surface area contributed by atoms with Crippen molar-refractivity contribution in [2.45, 2.75) is 17.4 Å². The van der Waals surface area contributed by atoms with Gasteiger partial charge in [0.2, 0.25) is 15.9 Å². The first kappa shape index (κ1) is 25.4. The molecule has 1 heterocycles. The van der Waals surface area contributed by atoms with Crippen LogP contribution in [-0.4, -0.2) is 51.4 Å². The van der Waals surface area contributed by atoms with Crippen molar-refractivity contribution in [2.24, 2.45) is 0 Å². The highest BCUT2D eigenvalue weighted by Crippen LogP contribution is 2.26. The molecule has 3 aromatic rings. The molecular formula is C25H24Cl2FN3O3S. The van der Waals surface area contributed by atoms with Gasteiger partial charge in [-0.2, -0.15) is 4.72 Å². The Labute approximate surface area is 214 Å². The lowest BCUT2D eigenvalue weighted by atomic mass is 10.1. The Morgan fingerprint density at radius 3 is 2.26 bits per heavy atom. The molecule has 1 aliphatic heterocycles. The molecular weight excluding hydrogens is 512 g/mol. The summed E-state index contributed by atoms with van der Waals surface area (Å²) < 4.78 is 42.2. The molecule has 0 unspecified atom stereocenters. The lowest BCUT2D eigenvalue weighted by molar-refractivity contribution is -0.133. The molecule has 1 amide bonds. The zero-order valence-corrected chi connectivity index (χ0v) is 21.0. The van der Waals surface area contributed by atoms with E-state index in [-0.39, 0.29) is 33.1 Å². The molecule has 0 radical (unpaired) electrons. The lowest BCUT2D eigenvalue weighted by Crippen LogP contribution is -2.55. The molecule has 1 saturated heterocycles. The van der Waals surface area contributed by atoms with Crippen molar-refractivity contribution in [1.29, 1.82) is 0 Å². The van der Waals surface area contributed by atoms with E-state index in [0.717, 1.165) is 11.3 Å². The second kappa shape index (κ2) is 11.0. The van der Waals surface area contributed by atoms with Crippen LogP contribution in [0, 0.1) is 5.82 Å². The third-order valence-corrected chi connectivity index (χ3v) is 8.03. The van der Waals surface area contributed by atoms with Gasteiger partial charge in [-0.15, -0.1) is 0 Å². The van der Waals surface area contributed by atoms with E-state index in [2.05, 4.69) is 9.62 Å². The van der Waals surface area contributed by atoms with E-state index in [1.807, 2.05) is 30.3 Å². The highest BCUT2D eigenvalue weighted by Gasteiger charge is 2.32. The van der Waals surface area contributed by atoms with E-state index < -0.39 is 16.1 Å². The molecule has 0 aliphatic carbocycles. The molecule has 6 nitrogen and oxygen atoms in total. The molecule has 184 valence electrons. The van der Waals surface area contributed by atoms with E-state index in [1.54, 1.807) is 17.0 Å². The first-order chi connectivity index (χ1) is 16.7. The van der Waals surface area contributed by atoms with Crippen LogP contribution < -0.4 is 9.62 Å². The van der Waals surface area contributed by atoms with Crippen LogP contribution in [0.1, 0.15) is 5.56 Å². The van der Waals surface area contributed by atoms with Crippen LogP contribution in [0.3, 0.4) is 0 Å². The standard InChI is InChI=1S/C25H24Cl2FN3O3S/c26-19-6-11-22(27)24(17-19)35(33,34)29-23(16-18-4-2-1-3-5-18)25(32)31-14-12-30(13-15-31)21-9-7-20(28)8-10-21/h1-11,17,23,29H,12-16H2/t23-/m0/s1. The number of sulfonamides is 1. The Hall–Kier alpha value is -2.65. The van der Waals surface area contributed by atoms with E-state index >= 15 is 0 Å². The molecule has 4 rings (SSSR count). The summed E-state index contributed by atoms with van der Waals surface area (Å²) in [5.41, 5.74) is 1.69. The largest absolute Gasteiger partial charge is 0.368 e. The summed E-state index contributed by atoms with van der Waals surface area (Å²) in [7, 11) is -4.13. The molecule has 0 saturated carbocycles. The first-order valence-corrected chi connectivity index (χ1v) is 13.3. The number of amides is 1. The van der Waals surface area contributed by atoms with Crippen molar-refractivity contribution >= 4 is 44.8 Å². The lowest BCUT2D eigenvalue weighted by Gasteiger charge is -2.37. The summed E-state index contributed by atoms with van der Waals surface area (Å²) in [5.74, 6) is -0.632. The molecule has 0 aromatic heterocycles. The molecule has 0 bridgehead atoms. The molecule has 3 aromatic carbocycles. The predicted molar refractivity (Wildman–Crippen MR) is 136 cm³/mol. The third kappa shape index (κ3) is 6.32. The zero-order chi connectivity index (χ0) is 25.0. The van der Waals surface area contributed by atoms with Crippen LogP contribution in [0.2, 0.25) is 10.0 Å². The van der Waals surface area contributed by atoms with Crippen LogP contribution in [0.5, 0.6) is 0 Å². The number of piperazine rings is 1. The maximum Gasteiger partial charge on any atom is 0.242 e. The molecule has 1 atom stereocenters. The maximum atomic E-state index is 13.5. The summed E-state index contributed by atoms with van der Waals surface area (Å²) in [6, 6.07) is 18.5. The van der Waals surface area contributed by atoms with Gasteiger partial charge in [-0.05, 0) is 54.4 Å². The highest BCUT2D eigenvalue weighted by molar-refractivity contribution is 7.89. The van der Waals surface area contributed by atoms with Gasteiger partial charge in [0.25, 0.3) is 0 Å². The fourth-order valence-electron chi connectivity index (χ4n) is 4.02. The van der Waals surface area contributed by atoms with Crippen LogP contribution in [0.4, 0.5) is 10.1 Å². The Balaban J connectivity index is 1.53. The van der Waals surface area contributed by atoms with Gasteiger partial charge in [-0.25, -0.2) is 12.8 Å². The van der Waals surface area contributed by atoms with Gasteiger partial charge in [0.1, 0.15) is 16.8 Å². The number of nitrogens with one attached hydrogen (secondary N) is 1. The zero-order valence-electron chi connectivity index (χ0n) is 18.7. The number of benzene rings is 3. The van der Waals surface area contributed by atoms with E-state index in [4.69, 9.17) is 23.2 Å². The minimum absolute atomic E-state index is 0.0146. The fourth-order valence-corrected chi connectivity index (χ4v) is 5.97. The number of carbonyl (C=O) groups excluding carboxylic acids is 1. The third-order valence-electron chi connectivity index (χ3n) is 5.84. The summed E-state index contributed by atoms with van der Waals surface area (Å²) in [4.78, 5) is 17.1. The average molecular weight is 536 g/mol. The average Bonchev–Trinajstić information content (AvgIpc) is 2.86. The molecule has 0 spiro atoms. The van der Waals surface area contributed by atoms with E-state index in [1.165, 1.54) is 30.3 Å². The molecule has 1 N–H and O–H groups in total. The smallest absolute Gasteiger partial charge is 0.242 e. The monoisotopic (exact) mass is 535 g/mol. The van der Waals surface area contributed by atoms with Crippen molar-refractivity contribution in [3.63, 3.8) is 0 Å². The first-order valence-electron chi connectivity index (χ1n) is 11.0. The van der Waals surface area contributed by atoms with Gasteiger partial charge in [-0.3, -0.25) is 4.79 Å². The maximum absolute atomic E-state index is 13.5. The van der Waals surface area contributed by atoms with Crippen molar-refractivity contribution < 1.29 is 17.6 Å².